The predicted octanol–water partition coefficient (Wildman–Crippen LogP) is 4.66. The van der Waals surface area contributed by atoms with Crippen molar-refractivity contribution in [3.8, 4) is 11.1 Å². The number of aromatic nitrogens is 2. The van der Waals surface area contributed by atoms with Crippen LogP contribution in [0.3, 0.4) is 0 Å². The van der Waals surface area contributed by atoms with E-state index in [4.69, 9.17) is 5.14 Å². The molecule has 1 unspecified atom stereocenters. The van der Waals surface area contributed by atoms with Gasteiger partial charge in [0.1, 0.15) is 28.4 Å². The van der Waals surface area contributed by atoms with Crippen LogP contribution in [-0.2, 0) is 11.0 Å². The van der Waals surface area contributed by atoms with Gasteiger partial charge in [-0.2, -0.15) is 0 Å². The topological polar surface area (TPSA) is 71.8 Å². The van der Waals surface area contributed by atoms with E-state index in [9.17, 15) is 13.0 Å². The van der Waals surface area contributed by atoms with Crippen LogP contribution in [0.5, 0.6) is 0 Å². The maximum atomic E-state index is 13.7. The lowest BCUT2D eigenvalue weighted by Gasteiger charge is -2.06. The van der Waals surface area contributed by atoms with Crippen LogP contribution in [0.15, 0.2) is 65.6 Å². The van der Waals surface area contributed by atoms with Crippen molar-refractivity contribution >= 4 is 34.2 Å². The van der Waals surface area contributed by atoms with Gasteiger partial charge < -0.3 is 4.98 Å². The van der Waals surface area contributed by atoms with Gasteiger partial charge in [-0.3, -0.25) is 0 Å². The zero-order valence-electron chi connectivity index (χ0n) is 14.5. The Bertz CT molecular complexity index is 1210. The van der Waals surface area contributed by atoms with Crippen molar-refractivity contribution in [3.63, 3.8) is 0 Å². The Kier molecular flexibility index (Phi) is 4.85. The van der Waals surface area contributed by atoms with Gasteiger partial charge in [-0.1, -0.05) is 30.3 Å². The third kappa shape index (κ3) is 3.49. The van der Waals surface area contributed by atoms with Crippen LogP contribution in [0.25, 0.3) is 34.3 Å². The molecule has 7 heteroatoms. The summed E-state index contributed by atoms with van der Waals surface area (Å²) in [7, 11) is -1.61. The molecule has 140 valence electrons. The molecule has 0 spiro atoms. The number of hydrogen-bond donors (Lipinski definition) is 2. The van der Waals surface area contributed by atoms with E-state index in [-0.39, 0.29) is 5.56 Å². The quantitative estimate of drug-likeness (QED) is 0.528. The Labute approximate surface area is 162 Å². The summed E-state index contributed by atoms with van der Waals surface area (Å²) >= 11 is 0. The first kappa shape index (κ1) is 18.2. The number of rotatable bonds is 4. The molecule has 1 heterocycles. The summed E-state index contributed by atoms with van der Waals surface area (Å²) in [5.41, 5.74) is 2.92. The lowest BCUT2D eigenvalue weighted by molar-refractivity contribution is 0.579. The van der Waals surface area contributed by atoms with Crippen molar-refractivity contribution in [1.29, 1.82) is 0 Å². The Morgan fingerprint density at radius 2 is 1.71 bits per heavy atom. The zero-order chi connectivity index (χ0) is 19.7. The van der Waals surface area contributed by atoms with Gasteiger partial charge in [0.2, 0.25) is 0 Å². The molecule has 4 nitrogen and oxygen atoms in total. The number of halogens is 2. The van der Waals surface area contributed by atoms with Crippen molar-refractivity contribution in [2.45, 2.75) is 4.90 Å². The number of nitrogens with one attached hydrogen (secondary N) is 1. The molecule has 0 aliphatic rings. The van der Waals surface area contributed by atoms with Gasteiger partial charge >= 0.3 is 0 Å². The first-order chi connectivity index (χ1) is 13.5. The number of aromatic amines is 1. The third-order valence-electron chi connectivity index (χ3n) is 4.32. The van der Waals surface area contributed by atoms with Gasteiger partial charge in [-0.25, -0.2) is 23.1 Å². The van der Waals surface area contributed by atoms with E-state index >= 15 is 0 Å². The number of nitrogens with two attached hydrogens (primary N) is 1. The minimum Gasteiger partial charge on any atom is -0.338 e. The summed E-state index contributed by atoms with van der Waals surface area (Å²) in [6.45, 7) is 0. The molecule has 0 aliphatic carbocycles. The van der Waals surface area contributed by atoms with Crippen molar-refractivity contribution < 1.29 is 13.0 Å². The highest BCUT2D eigenvalue weighted by atomic mass is 32.2. The highest BCUT2D eigenvalue weighted by Crippen LogP contribution is 2.28. The minimum absolute atomic E-state index is 0.122. The van der Waals surface area contributed by atoms with E-state index < -0.39 is 22.6 Å². The van der Waals surface area contributed by atoms with Crippen LogP contribution in [0, 0.1) is 11.6 Å². The molecule has 28 heavy (non-hydrogen) atoms. The first-order valence-electron chi connectivity index (χ1n) is 8.40. The van der Waals surface area contributed by atoms with Crippen molar-refractivity contribution in [1.82, 2.24) is 9.97 Å². The fourth-order valence-electron chi connectivity index (χ4n) is 2.99. The molecule has 4 rings (SSSR count). The van der Waals surface area contributed by atoms with E-state index in [0.717, 1.165) is 16.6 Å². The van der Waals surface area contributed by atoms with E-state index in [0.29, 0.717) is 16.2 Å². The molecule has 3 aromatic carbocycles. The van der Waals surface area contributed by atoms with Crippen molar-refractivity contribution in [2.24, 2.45) is 5.14 Å². The summed E-state index contributed by atoms with van der Waals surface area (Å²) in [6.07, 6.45) is 2.86. The highest BCUT2D eigenvalue weighted by molar-refractivity contribution is 7.82. The van der Waals surface area contributed by atoms with Crippen LogP contribution in [-0.4, -0.2) is 14.2 Å². The lowest BCUT2D eigenvalue weighted by Crippen LogP contribution is -2.04. The molecular weight excluding hydrogens is 380 g/mol. The van der Waals surface area contributed by atoms with Crippen LogP contribution < -0.4 is 5.14 Å². The lowest BCUT2D eigenvalue weighted by atomic mass is 10.1. The monoisotopic (exact) mass is 395 g/mol. The van der Waals surface area contributed by atoms with E-state index in [1.807, 2.05) is 30.3 Å². The second-order valence-electron chi connectivity index (χ2n) is 6.12. The molecule has 0 aliphatic heterocycles. The van der Waals surface area contributed by atoms with Gasteiger partial charge in [0, 0.05) is 5.56 Å². The normalized spacial score (nSPS) is 12.7. The Balaban J connectivity index is 1.72. The van der Waals surface area contributed by atoms with Crippen LogP contribution in [0.2, 0.25) is 0 Å². The summed E-state index contributed by atoms with van der Waals surface area (Å²) in [5.74, 6) is -0.812. The highest BCUT2D eigenvalue weighted by Gasteiger charge is 2.10. The number of imidazole rings is 1. The predicted molar refractivity (Wildman–Crippen MR) is 107 cm³/mol. The van der Waals surface area contributed by atoms with Gasteiger partial charge in [0.05, 0.1) is 15.9 Å². The zero-order valence-corrected chi connectivity index (χ0v) is 15.3. The van der Waals surface area contributed by atoms with Gasteiger partial charge in [0.25, 0.3) is 0 Å². The summed E-state index contributed by atoms with van der Waals surface area (Å²) in [5, 5.41) is 5.57. The standard InChI is InChI=1S/C21H15F2N3OS/c22-16-5-3-6-17(23)15(16)9-11-21-25-18-10-8-13(12-19(18)26-21)14-4-1-2-7-20(14)28(24)27/h1-12H,24H2,(H,25,26)/b11-9+. The first-order valence-corrected chi connectivity index (χ1v) is 9.61. The molecule has 0 amide bonds. The molecule has 4 aromatic rings. The molecule has 0 saturated carbocycles. The largest absolute Gasteiger partial charge is 0.338 e. The minimum atomic E-state index is -1.61. The fourth-order valence-corrected chi connectivity index (χ4v) is 3.60. The molecule has 3 N–H and O–H groups in total. The van der Waals surface area contributed by atoms with Crippen molar-refractivity contribution in [2.75, 3.05) is 0 Å². The van der Waals surface area contributed by atoms with E-state index in [1.54, 1.807) is 12.1 Å². The molecule has 0 radical (unpaired) electrons. The number of nitrogens with zero attached hydrogens (tertiary/aromatic N) is 1. The van der Waals surface area contributed by atoms with Gasteiger partial charge in [-0.05, 0) is 53.6 Å². The number of fused-ring (bicyclic) bond motifs is 1. The van der Waals surface area contributed by atoms with E-state index in [1.165, 1.54) is 30.4 Å². The molecule has 0 saturated heterocycles. The molecule has 0 bridgehead atoms. The maximum Gasteiger partial charge on any atom is 0.133 e. The van der Waals surface area contributed by atoms with Crippen LogP contribution in [0.1, 0.15) is 11.4 Å². The van der Waals surface area contributed by atoms with Crippen LogP contribution >= 0.6 is 0 Å². The second kappa shape index (κ2) is 7.46. The fraction of sp³-hybridized carbons (Fsp3) is 0. The van der Waals surface area contributed by atoms with E-state index in [2.05, 4.69) is 9.97 Å². The molecule has 1 aromatic heterocycles. The smallest absolute Gasteiger partial charge is 0.133 e. The second-order valence-corrected chi connectivity index (χ2v) is 7.15. The summed E-state index contributed by atoms with van der Waals surface area (Å²) < 4.78 is 39.3. The Hall–Kier alpha value is -3.16. The number of hydrogen-bond acceptors (Lipinski definition) is 2. The van der Waals surface area contributed by atoms with Gasteiger partial charge in [0.15, 0.2) is 0 Å². The summed E-state index contributed by atoms with van der Waals surface area (Å²) in [4.78, 5) is 8.06. The average molecular weight is 395 g/mol. The molecular formula is C21H15F2N3OS. The molecule has 0 fully saturated rings. The Morgan fingerprint density at radius 1 is 0.964 bits per heavy atom. The Morgan fingerprint density at radius 3 is 2.46 bits per heavy atom. The average Bonchev–Trinajstić information content (AvgIpc) is 3.09. The maximum absolute atomic E-state index is 13.7. The van der Waals surface area contributed by atoms with Crippen LogP contribution in [0.4, 0.5) is 8.78 Å². The number of H-pyrrole nitrogens is 1. The van der Waals surface area contributed by atoms with Crippen molar-refractivity contribution in [3.05, 3.63) is 83.7 Å². The van der Waals surface area contributed by atoms with Gasteiger partial charge in [-0.15, -0.1) is 0 Å². The summed E-state index contributed by atoms with van der Waals surface area (Å²) in [6, 6.07) is 16.5. The third-order valence-corrected chi connectivity index (χ3v) is 5.11. The number of benzene rings is 3. The molecule has 1 atom stereocenters. The SMILES string of the molecule is NS(=O)c1ccccc1-c1ccc2nc(/C=C/c3c(F)cccc3F)[nH]c2c1.